The summed E-state index contributed by atoms with van der Waals surface area (Å²) >= 11 is 0. The van der Waals surface area contributed by atoms with E-state index in [0.717, 1.165) is 6.07 Å². The third-order valence-electron chi connectivity index (χ3n) is 3.70. The summed E-state index contributed by atoms with van der Waals surface area (Å²) in [6.07, 6.45) is 0. The number of carbonyl (C=O) groups is 1. The summed E-state index contributed by atoms with van der Waals surface area (Å²) in [6, 6.07) is 3.15. The van der Waals surface area contributed by atoms with Crippen molar-refractivity contribution in [1.82, 2.24) is 4.72 Å². The van der Waals surface area contributed by atoms with E-state index < -0.39 is 45.6 Å². The van der Waals surface area contributed by atoms with Gasteiger partial charge in [0.15, 0.2) is 0 Å². The zero-order chi connectivity index (χ0) is 18.9. The van der Waals surface area contributed by atoms with E-state index in [9.17, 15) is 26.4 Å². The first-order chi connectivity index (χ1) is 11.5. The van der Waals surface area contributed by atoms with E-state index in [1.54, 1.807) is 6.92 Å². The maximum Gasteiger partial charge on any atom is 0.335 e. The molecule has 0 aliphatic heterocycles. The van der Waals surface area contributed by atoms with Gasteiger partial charge in [-0.05, 0) is 37.1 Å². The maximum absolute atomic E-state index is 13.6. The van der Waals surface area contributed by atoms with Crippen molar-refractivity contribution in [3.8, 4) is 0 Å². The molecule has 134 valence electrons. The number of sulfonamides is 1. The number of aryl methyl sites for hydroxylation is 1. The lowest BCUT2D eigenvalue weighted by molar-refractivity contribution is 0.0696. The molecule has 0 atom stereocenters. The number of hydrogen-bond donors (Lipinski definition) is 2. The van der Waals surface area contributed by atoms with Crippen molar-refractivity contribution in [3.05, 3.63) is 64.0 Å². The number of carboxylic acid groups (broad SMARTS) is 1. The van der Waals surface area contributed by atoms with E-state index >= 15 is 0 Å². The maximum atomic E-state index is 13.6. The van der Waals surface area contributed by atoms with Gasteiger partial charge in [-0.3, -0.25) is 0 Å². The highest BCUT2D eigenvalue weighted by Crippen LogP contribution is 2.22. The molecule has 0 bridgehead atoms. The van der Waals surface area contributed by atoms with E-state index in [1.807, 2.05) is 4.72 Å². The number of halogens is 3. The molecule has 0 aromatic heterocycles. The predicted octanol–water partition coefficient (Wildman–Crippen LogP) is 2.90. The number of nitrogens with one attached hydrogen (secondary N) is 1. The summed E-state index contributed by atoms with van der Waals surface area (Å²) in [6.45, 7) is 2.27. The zero-order valence-electron chi connectivity index (χ0n) is 13.2. The lowest BCUT2D eigenvalue weighted by Crippen LogP contribution is -2.25. The summed E-state index contributed by atoms with van der Waals surface area (Å²) < 4.78 is 67.0. The molecule has 0 aliphatic carbocycles. The fraction of sp³-hybridized carbons (Fsp3) is 0.188. The third kappa shape index (κ3) is 3.99. The van der Waals surface area contributed by atoms with Gasteiger partial charge in [-0.15, -0.1) is 0 Å². The Morgan fingerprint density at radius 1 is 1.08 bits per heavy atom. The monoisotopic (exact) mass is 373 g/mol. The van der Waals surface area contributed by atoms with Crippen LogP contribution in [-0.2, 0) is 16.6 Å². The first-order valence-corrected chi connectivity index (χ1v) is 8.49. The molecule has 5 nitrogen and oxygen atoms in total. The molecule has 0 amide bonds. The molecule has 2 aromatic rings. The smallest absolute Gasteiger partial charge is 0.335 e. The van der Waals surface area contributed by atoms with E-state index in [0.29, 0.717) is 23.3 Å². The molecule has 0 spiro atoms. The van der Waals surface area contributed by atoms with Crippen molar-refractivity contribution in [2.75, 3.05) is 0 Å². The Hall–Kier alpha value is -2.39. The minimum atomic E-state index is -4.25. The molecule has 9 heteroatoms. The normalized spacial score (nSPS) is 11.6. The van der Waals surface area contributed by atoms with Gasteiger partial charge in [0.05, 0.1) is 10.5 Å². The van der Waals surface area contributed by atoms with Gasteiger partial charge in [0.25, 0.3) is 0 Å². The van der Waals surface area contributed by atoms with Crippen LogP contribution in [0, 0.1) is 31.3 Å². The van der Waals surface area contributed by atoms with E-state index in [4.69, 9.17) is 5.11 Å². The van der Waals surface area contributed by atoms with Gasteiger partial charge in [0.2, 0.25) is 10.0 Å². The first kappa shape index (κ1) is 18.9. The summed E-state index contributed by atoms with van der Waals surface area (Å²) in [4.78, 5) is 10.8. The van der Waals surface area contributed by atoms with Gasteiger partial charge < -0.3 is 5.11 Å². The molecule has 2 aromatic carbocycles. The molecule has 0 radical (unpaired) electrons. The number of hydrogen-bond acceptors (Lipinski definition) is 3. The second-order valence-corrected chi connectivity index (χ2v) is 7.13. The second-order valence-electron chi connectivity index (χ2n) is 5.39. The van der Waals surface area contributed by atoms with Crippen LogP contribution in [0.5, 0.6) is 0 Å². The minimum absolute atomic E-state index is 0.234. The molecule has 0 unspecified atom stereocenters. The van der Waals surface area contributed by atoms with Gasteiger partial charge >= 0.3 is 5.97 Å². The second kappa shape index (κ2) is 6.85. The molecule has 0 aliphatic rings. The summed E-state index contributed by atoms with van der Waals surface area (Å²) in [5.41, 5.74) is -0.145. The van der Waals surface area contributed by atoms with E-state index in [-0.39, 0.29) is 10.5 Å². The third-order valence-corrected chi connectivity index (χ3v) is 5.23. The lowest BCUT2D eigenvalue weighted by atomic mass is 10.1. The average Bonchev–Trinajstić information content (AvgIpc) is 2.48. The van der Waals surface area contributed by atoms with Crippen LogP contribution in [0.3, 0.4) is 0 Å². The van der Waals surface area contributed by atoms with Crippen LogP contribution in [0.1, 0.15) is 27.0 Å². The Morgan fingerprint density at radius 2 is 1.64 bits per heavy atom. The molecule has 2 N–H and O–H groups in total. The largest absolute Gasteiger partial charge is 0.478 e. The Kier molecular flexibility index (Phi) is 5.19. The first-order valence-electron chi connectivity index (χ1n) is 7.00. The number of rotatable bonds is 5. The fourth-order valence-corrected chi connectivity index (χ4v) is 3.55. The van der Waals surface area contributed by atoms with Crippen molar-refractivity contribution in [1.29, 1.82) is 0 Å². The summed E-state index contributed by atoms with van der Waals surface area (Å²) in [7, 11) is -4.25. The molecule has 2 rings (SSSR count). The van der Waals surface area contributed by atoms with Gasteiger partial charge in [0, 0.05) is 24.2 Å². The SMILES string of the molecule is Cc1cc(C(=O)O)cc(S(=O)(=O)NCc2c(F)cc(F)cc2F)c1C. The van der Waals surface area contributed by atoms with E-state index in [1.165, 1.54) is 13.0 Å². The van der Waals surface area contributed by atoms with Crippen LogP contribution in [0.15, 0.2) is 29.2 Å². The molecule has 0 heterocycles. The van der Waals surface area contributed by atoms with Gasteiger partial charge in [0.1, 0.15) is 17.5 Å². The van der Waals surface area contributed by atoms with Gasteiger partial charge in [-0.1, -0.05) is 0 Å². The topological polar surface area (TPSA) is 83.5 Å². The molecule has 0 fully saturated rings. The van der Waals surface area contributed by atoms with Crippen LogP contribution in [0.4, 0.5) is 13.2 Å². The number of carboxylic acids is 1. The van der Waals surface area contributed by atoms with Crippen molar-refractivity contribution in [2.24, 2.45) is 0 Å². The van der Waals surface area contributed by atoms with Crippen LogP contribution >= 0.6 is 0 Å². The Morgan fingerprint density at radius 3 is 2.16 bits per heavy atom. The molecular weight excluding hydrogens is 359 g/mol. The van der Waals surface area contributed by atoms with Crippen molar-refractivity contribution in [3.63, 3.8) is 0 Å². The van der Waals surface area contributed by atoms with Gasteiger partial charge in [-0.25, -0.2) is 31.1 Å². The molecular formula is C16H14F3NO4S. The number of aromatic carboxylic acids is 1. The highest BCUT2D eigenvalue weighted by Gasteiger charge is 2.22. The summed E-state index contributed by atoms with van der Waals surface area (Å²) in [5.74, 6) is -4.89. The Bertz CT molecular complexity index is 935. The standard InChI is InChI=1S/C16H14F3NO4S/c1-8-3-10(16(21)22)4-15(9(8)2)25(23,24)20-7-12-13(18)5-11(17)6-14(12)19/h3-6,20H,7H2,1-2H3,(H,21,22). The van der Waals surface area contributed by atoms with Crippen LogP contribution in [-0.4, -0.2) is 19.5 Å². The van der Waals surface area contributed by atoms with Crippen molar-refractivity contribution in [2.45, 2.75) is 25.3 Å². The highest BCUT2D eigenvalue weighted by atomic mass is 32.2. The van der Waals surface area contributed by atoms with Crippen LogP contribution < -0.4 is 4.72 Å². The van der Waals surface area contributed by atoms with E-state index in [2.05, 4.69) is 0 Å². The molecule has 0 saturated heterocycles. The molecule has 0 saturated carbocycles. The van der Waals surface area contributed by atoms with Crippen LogP contribution in [0.25, 0.3) is 0 Å². The number of benzene rings is 2. The Balaban J connectivity index is 2.39. The highest BCUT2D eigenvalue weighted by molar-refractivity contribution is 7.89. The quantitative estimate of drug-likeness (QED) is 0.844. The fourth-order valence-electron chi connectivity index (χ4n) is 2.22. The summed E-state index contributed by atoms with van der Waals surface area (Å²) in [5, 5.41) is 9.05. The average molecular weight is 373 g/mol. The van der Waals surface area contributed by atoms with Crippen molar-refractivity contribution >= 4 is 16.0 Å². The lowest BCUT2D eigenvalue weighted by Gasteiger charge is -2.13. The van der Waals surface area contributed by atoms with Gasteiger partial charge in [-0.2, -0.15) is 0 Å². The van der Waals surface area contributed by atoms with Crippen molar-refractivity contribution < 1.29 is 31.5 Å². The van der Waals surface area contributed by atoms with Crippen LogP contribution in [0.2, 0.25) is 0 Å². The zero-order valence-corrected chi connectivity index (χ0v) is 14.0. The molecule has 25 heavy (non-hydrogen) atoms. The predicted molar refractivity (Wildman–Crippen MR) is 83.2 cm³/mol. The minimum Gasteiger partial charge on any atom is -0.478 e. The Labute approximate surface area is 142 Å².